The van der Waals surface area contributed by atoms with Crippen LogP contribution in [0.4, 0.5) is 19.7 Å². The Bertz CT molecular complexity index is 708. The molecule has 1 rings (SSSR count). The Kier molecular flexibility index (Phi) is 6.40. The average Bonchev–Trinajstić information content (AvgIpc) is 2.38. The van der Waals surface area contributed by atoms with Crippen LogP contribution >= 0.6 is 15.9 Å². The summed E-state index contributed by atoms with van der Waals surface area (Å²) in [4.78, 5) is 37.0. The van der Waals surface area contributed by atoms with Crippen molar-refractivity contribution in [3.8, 4) is 0 Å². The van der Waals surface area contributed by atoms with E-state index in [2.05, 4.69) is 15.9 Å². The van der Waals surface area contributed by atoms with Crippen molar-refractivity contribution < 1.29 is 33.4 Å². The molecule has 9 heteroatoms. The van der Waals surface area contributed by atoms with Gasteiger partial charge in [0.1, 0.15) is 17.0 Å². The van der Waals surface area contributed by atoms with Crippen LogP contribution < -0.4 is 4.90 Å². The standard InChI is InChI=1S/C17H21BrFNO6/c1-16(2,3)25-14(23)20(15(24)26-17(4,5)6)12-8-10(18)11(19)7-9(12)13(21)22/h7-8H,1-6H3,(H,21,22). The van der Waals surface area contributed by atoms with Gasteiger partial charge in [-0.3, -0.25) is 0 Å². The first-order valence-electron chi connectivity index (χ1n) is 7.61. The second-order valence-electron chi connectivity index (χ2n) is 7.38. The van der Waals surface area contributed by atoms with Crippen LogP contribution in [0.5, 0.6) is 0 Å². The van der Waals surface area contributed by atoms with Crippen molar-refractivity contribution in [1.82, 2.24) is 0 Å². The number of carbonyl (C=O) groups is 3. The third-order valence-corrected chi connectivity index (χ3v) is 3.27. The molecule has 0 radical (unpaired) electrons. The number of hydrogen-bond donors (Lipinski definition) is 1. The maximum Gasteiger partial charge on any atom is 0.424 e. The van der Waals surface area contributed by atoms with E-state index in [0.29, 0.717) is 11.0 Å². The Morgan fingerprint density at radius 1 is 1.00 bits per heavy atom. The largest absolute Gasteiger partial charge is 0.478 e. The van der Waals surface area contributed by atoms with Crippen LogP contribution in [0.3, 0.4) is 0 Å². The predicted molar refractivity (Wildman–Crippen MR) is 96.0 cm³/mol. The molecular weight excluding hydrogens is 413 g/mol. The van der Waals surface area contributed by atoms with Crippen molar-refractivity contribution in [2.75, 3.05) is 4.90 Å². The fourth-order valence-corrected chi connectivity index (χ4v) is 2.11. The van der Waals surface area contributed by atoms with Crippen LogP contribution in [0.2, 0.25) is 0 Å². The summed E-state index contributed by atoms with van der Waals surface area (Å²) in [6.45, 7) is 9.48. The van der Waals surface area contributed by atoms with Crippen LogP contribution in [0.1, 0.15) is 51.9 Å². The molecule has 0 heterocycles. The highest BCUT2D eigenvalue weighted by Gasteiger charge is 2.35. The molecule has 0 unspecified atom stereocenters. The van der Waals surface area contributed by atoms with Crippen LogP contribution in [-0.4, -0.2) is 34.5 Å². The van der Waals surface area contributed by atoms with E-state index in [1.165, 1.54) is 0 Å². The maximum absolute atomic E-state index is 13.8. The summed E-state index contributed by atoms with van der Waals surface area (Å²) >= 11 is 2.92. The Labute approximate surface area is 159 Å². The summed E-state index contributed by atoms with van der Waals surface area (Å²) in [5.41, 5.74) is -2.90. The number of halogens is 2. The number of imide groups is 1. The molecule has 0 saturated heterocycles. The summed E-state index contributed by atoms with van der Waals surface area (Å²) in [5.74, 6) is -2.39. The van der Waals surface area contributed by atoms with E-state index < -0.39 is 40.7 Å². The summed E-state index contributed by atoms with van der Waals surface area (Å²) in [6, 6.07) is 1.70. The maximum atomic E-state index is 13.8. The number of nitrogens with zero attached hydrogens (tertiary/aromatic N) is 1. The van der Waals surface area contributed by atoms with Crippen LogP contribution in [0.25, 0.3) is 0 Å². The van der Waals surface area contributed by atoms with Gasteiger partial charge in [-0.25, -0.2) is 18.8 Å². The van der Waals surface area contributed by atoms with Gasteiger partial charge < -0.3 is 14.6 Å². The molecule has 0 aliphatic heterocycles. The molecule has 2 amide bonds. The molecule has 0 aliphatic carbocycles. The minimum atomic E-state index is -1.52. The van der Waals surface area contributed by atoms with E-state index >= 15 is 0 Å². The van der Waals surface area contributed by atoms with Crippen LogP contribution in [0.15, 0.2) is 16.6 Å². The molecule has 26 heavy (non-hydrogen) atoms. The predicted octanol–water partition coefficient (Wildman–Crippen LogP) is 4.96. The first kappa shape index (κ1) is 21.9. The zero-order valence-electron chi connectivity index (χ0n) is 15.3. The van der Waals surface area contributed by atoms with Crippen LogP contribution in [0, 0.1) is 5.82 Å². The third-order valence-electron chi connectivity index (χ3n) is 2.66. The summed E-state index contributed by atoms with van der Waals surface area (Å²) < 4.78 is 24.0. The van der Waals surface area contributed by atoms with Gasteiger partial charge in [0.25, 0.3) is 0 Å². The fraction of sp³-hybridized carbons (Fsp3) is 0.471. The number of anilines is 1. The number of aromatic carboxylic acids is 1. The molecule has 0 spiro atoms. The van der Waals surface area contributed by atoms with Crippen molar-refractivity contribution >= 4 is 39.8 Å². The first-order valence-corrected chi connectivity index (χ1v) is 8.40. The Hall–Kier alpha value is -2.16. The number of rotatable bonds is 2. The lowest BCUT2D eigenvalue weighted by Gasteiger charge is -2.29. The lowest BCUT2D eigenvalue weighted by atomic mass is 10.1. The van der Waals surface area contributed by atoms with Crippen molar-refractivity contribution in [3.05, 3.63) is 28.0 Å². The lowest BCUT2D eigenvalue weighted by molar-refractivity contribution is 0.0430. The number of carboxylic acids is 1. The van der Waals surface area contributed by atoms with Crippen LogP contribution in [-0.2, 0) is 9.47 Å². The zero-order valence-corrected chi connectivity index (χ0v) is 16.9. The van der Waals surface area contributed by atoms with Gasteiger partial charge in [0.05, 0.1) is 15.7 Å². The normalized spacial score (nSPS) is 11.7. The second-order valence-corrected chi connectivity index (χ2v) is 8.24. The first-order chi connectivity index (χ1) is 11.6. The van der Waals surface area contributed by atoms with E-state index in [-0.39, 0.29) is 10.2 Å². The van der Waals surface area contributed by atoms with E-state index in [9.17, 15) is 23.9 Å². The van der Waals surface area contributed by atoms with Crippen molar-refractivity contribution in [2.45, 2.75) is 52.7 Å². The summed E-state index contributed by atoms with van der Waals surface area (Å²) in [5, 5.41) is 9.35. The molecule has 1 N–H and O–H groups in total. The van der Waals surface area contributed by atoms with Gasteiger partial charge in [-0.1, -0.05) is 0 Å². The SMILES string of the molecule is CC(C)(C)OC(=O)N(C(=O)OC(C)(C)C)c1cc(Br)c(F)cc1C(=O)O. The number of amides is 2. The molecule has 0 aromatic heterocycles. The number of hydrogen-bond acceptors (Lipinski definition) is 5. The van der Waals surface area contributed by atoms with Crippen molar-refractivity contribution in [1.29, 1.82) is 0 Å². The van der Waals surface area contributed by atoms with Crippen molar-refractivity contribution in [3.63, 3.8) is 0 Å². The molecule has 7 nitrogen and oxygen atoms in total. The number of benzene rings is 1. The second kappa shape index (κ2) is 7.61. The van der Waals surface area contributed by atoms with Gasteiger partial charge in [0, 0.05) is 0 Å². The Balaban J connectivity index is 3.55. The average molecular weight is 434 g/mol. The number of carboxylic acid groups (broad SMARTS) is 1. The van der Waals surface area contributed by atoms with Gasteiger partial charge in [-0.05, 0) is 69.6 Å². The minimum absolute atomic E-state index is 0.130. The van der Waals surface area contributed by atoms with Crippen molar-refractivity contribution in [2.24, 2.45) is 0 Å². The van der Waals surface area contributed by atoms with E-state index in [0.717, 1.165) is 6.07 Å². The van der Waals surface area contributed by atoms with E-state index in [1.54, 1.807) is 41.5 Å². The quantitative estimate of drug-likeness (QED) is 0.707. The number of ether oxygens (including phenoxy) is 2. The topological polar surface area (TPSA) is 93.1 Å². The summed E-state index contributed by atoms with van der Waals surface area (Å²) in [6.07, 6.45) is -2.29. The van der Waals surface area contributed by atoms with Gasteiger partial charge in [0.2, 0.25) is 0 Å². The number of carbonyl (C=O) groups excluding carboxylic acids is 2. The molecule has 0 fully saturated rings. The Morgan fingerprint density at radius 2 is 1.42 bits per heavy atom. The molecule has 1 aromatic carbocycles. The fourth-order valence-electron chi connectivity index (χ4n) is 1.78. The monoisotopic (exact) mass is 433 g/mol. The molecule has 0 aliphatic rings. The molecule has 0 bridgehead atoms. The third kappa shape index (κ3) is 5.98. The lowest BCUT2D eigenvalue weighted by Crippen LogP contribution is -2.44. The minimum Gasteiger partial charge on any atom is -0.478 e. The zero-order chi connectivity index (χ0) is 20.4. The molecular formula is C17H21BrFNO6. The molecule has 0 saturated carbocycles. The van der Waals surface area contributed by atoms with Gasteiger partial charge in [0.15, 0.2) is 0 Å². The smallest absolute Gasteiger partial charge is 0.424 e. The van der Waals surface area contributed by atoms with E-state index in [4.69, 9.17) is 9.47 Å². The Morgan fingerprint density at radius 3 is 1.77 bits per heavy atom. The van der Waals surface area contributed by atoms with E-state index in [1.807, 2.05) is 0 Å². The highest BCUT2D eigenvalue weighted by atomic mass is 79.9. The molecule has 0 atom stereocenters. The molecule has 144 valence electrons. The van der Waals surface area contributed by atoms with Gasteiger partial charge in [-0.2, -0.15) is 4.90 Å². The van der Waals surface area contributed by atoms with Gasteiger partial charge >= 0.3 is 18.2 Å². The highest BCUT2D eigenvalue weighted by Crippen LogP contribution is 2.30. The molecule has 1 aromatic rings. The van der Waals surface area contributed by atoms with Gasteiger partial charge in [-0.15, -0.1) is 0 Å². The summed E-state index contributed by atoms with van der Waals surface area (Å²) in [7, 11) is 0. The highest BCUT2D eigenvalue weighted by molar-refractivity contribution is 9.10.